The molecule has 1 N–H and O–H groups in total. The molecule has 0 aliphatic carbocycles. The van der Waals surface area contributed by atoms with Gasteiger partial charge in [-0.2, -0.15) is 15.0 Å². The first-order chi connectivity index (χ1) is 13.7. The standard InChI is InChI=1S/C17H25N7O4/c25-14(12-24-7-10-28-17(24)26)18-11-13-19-15(22-3-1-2-4-22)21-16(20-13)23-5-8-27-9-6-23/h1-12H2,(H,18,25). The minimum absolute atomic E-state index is 0.0286. The predicted molar refractivity (Wildman–Crippen MR) is 99.1 cm³/mol. The van der Waals surface area contributed by atoms with Gasteiger partial charge >= 0.3 is 6.09 Å². The van der Waals surface area contributed by atoms with Gasteiger partial charge in [0.05, 0.1) is 26.3 Å². The van der Waals surface area contributed by atoms with Crippen molar-refractivity contribution in [2.45, 2.75) is 19.4 Å². The number of rotatable bonds is 6. The molecule has 152 valence electrons. The summed E-state index contributed by atoms with van der Waals surface area (Å²) in [5.41, 5.74) is 0. The number of nitrogens with zero attached hydrogens (tertiary/aromatic N) is 6. The molecule has 3 fully saturated rings. The van der Waals surface area contributed by atoms with E-state index in [1.807, 2.05) is 0 Å². The van der Waals surface area contributed by atoms with Crippen molar-refractivity contribution in [3.63, 3.8) is 0 Å². The Balaban J connectivity index is 1.44. The van der Waals surface area contributed by atoms with E-state index in [4.69, 9.17) is 9.47 Å². The minimum atomic E-state index is -0.457. The fourth-order valence-corrected chi connectivity index (χ4v) is 3.41. The van der Waals surface area contributed by atoms with Crippen LogP contribution in [0, 0.1) is 0 Å². The Morgan fingerprint density at radius 3 is 2.25 bits per heavy atom. The van der Waals surface area contributed by atoms with E-state index in [-0.39, 0.29) is 19.0 Å². The molecule has 1 aromatic heterocycles. The van der Waals surface area contributed by atoms with Gasteiger partial charge in [0.25, 0.3) is 0 Å². The van der Waals surface area contributed by atoms with E-state index in [1.54, 1.807) is 0 Å². The number of carbonyl (C=O) groups excluding carboxylic acids is 2. The average Bonchev–Trinajstić information content (AvgIpc) is 3.39. The summed E-state index contributed by atoms with van der Waals surface area (Å²) in [6.07, 6.45) is 1.79. The van der Waals surface area contributed by atoms with Crippen LogP contribution in [-0.4, -0.2) is 90.9 Å². The second-order valence-electron chi connectivity index (χ2n) is 6.96. The highest BCUT2D eigenvalue weighted by molar-refractivity contribution is 5.82. The minimum Gasteiger partial charge on any atom is -0.448 e. The van der Waals surface area contributed by atoms with Crippen molar-refractivity contribution in [2.75, 3.05) is 68.9 Å². The number of ether oxygens (including phenoxy) is 2. The summed E-state index contributed by atoms with van der Waals surface area (Å²) in [7, 11) is 0. The van der Waals surface area contributed by atoms with Crippen LogP contribution in [0.4, 0.5) is 16.7 Å². The molecule has 1 aromatic rings. The molecule has 0 unspecified atom stereocenters. The zero-order chi connectivity index (χ0) is 19.3. The Kier molecular flexibility index (Phi) is 5.70. The molecule has 4 heterocycles. The molecule has 11 heteroatoms. The Bertz CT molecular complexity index is 719. The zero-order valence-electron chi connectivity index (χ0n) is 15.8. The smallest absolute Gasteiger partial charge is 0.410 e. The number of cyclic esters (lactones) is 1. The van der Waals surface area contributed by atoms with Crippen LogP contribution in [0.5, 0.6) is 0 Å². The summed E-state index contributed by atoms with van der Waals surface area (Å²) in [5, 5.41) is 2.79. The maximum atomic E-state index is 12.2. The zero-order valence-corrected chi connectivity index (χ0v) is 15.8. The summed E-state index contributed by atoms with van der Waals surface area (Å²) in [6.45, 7) is 5.50. The van der Waals surface area contributed by atoms with Gasteiger partial charge in [-0.3, -0.25) is 9.69 Å². The van der Waals surface area contributed by atoms with Gasteiger partial charge in [0, 0.05) is 26.2 Å². The van der Waals surface area contributed by atoms with Crippen LogP contribution in [0.3, 0.4) is 0 Å². The number of anilines is 2. The van der Waals surface area contributed by atoms with Crippen molar-refractivity contribution < 1.29 is 19.1 Å². The second kappa shape index (κ2) is 8.55. The van der Waals surface area contributed by atoms with Crippen LogP contribution in [-0.2, 0) is 20.8 Å². The number of amides is 2. The van der Waals surface area contributed by atoms with Gasteiger partial charge in [-0.05, 0) is 12.8 Å². The molecule has 3 aliphatic heterocycles. The van der Waals surface area contributed by atoms with Crippen molar-refractivity contribution in [1.82, 2.24) is 25.2 Å². The van der Waals surface area contributed by atoms with E-state index in [0.717, 1.165) is 39.0 Å². The SMILES string of the molecule is O=C(CN1CCOC1=O)NCc1nc(N2CCCC2)nc(N2CCOCC2)n1. The molecule has 11 nitrogen and oxygen atoms in total. The van der Waals surface area contributed by atoms with Gasteiger partial charge in [-0.15, -0.1) is 0 Å². The molecular weight excluding hydrogens is 366 g/mol. The summed E-state index contributed by atoms with van der Waals surface area (Å²) in [5.74, 6) is 1.51. The number of aromatic nitrogens is 3. The number of hydrogen-bond donors (Lipinski definition) is 1. The van der Waals surface area contributed by atoms with E-state index < -0.39 is 6.09 Å². The van der Waals surface area contributed by atoms with Gasteiger partial charge in [0.1, 0.15) is 13.2 Å². The maximum Gasteiger partial charge on any atom is 0.410 e. The monoisotopic (exact) mass is 391 g/mol. The molecule has 3 saturated heterocycles. The fraction of sp³-hybridized carbons (Fsp3) is 0.706. The Labute approximate surface area is 163 Å². The number of hydrogen-bond acceptors (Lipinski definition) is 9. The Hall–Kier alpha value is -2.69. The molecule has 28 heavy (non-hydrogen) atoms. The molecule has 0 spiro atoms. The van der Waals surface area contributed by atoms with E-state index in [9.17, 15) is 9.59 Å². The van der Waals surface area contributed by atoms with Crippen LogP contribution >= 0.6 is 0 Å². The Morgan fingerprint density at radius 1 is 0.929 bits per heavy atom. The molecule has 0 bridgehead atoms. The van der Waals surface area contributed by atoms with Crippen molar-refractivity contribution in [1.29, 1.82) is 0 Å². The third kappa shape index (κ3) is 4.41. The van der Waals surface area contributed by atoms with Gasteiger partial charge in [0.15, 0.2) is 5.82 Å². The molecule has 0 aromatic carbocycles. The van der Waals surface area contributed by atoms with Gasteiger partial charge in [-0.25, -0.2) is 4.79 Å². The first-order valence-corrected chi connectivity index (χ1v) is 9.70. The lowest BCUT2D eigenvalue weighted by atomic mass is 10.4. The summed E-state index contributed by atoms with van der Waals surface area (Å²) < 4.78 is 10.2. The normalized spacial score (nSPS) is 19.9. The quantitative estimate of drug-likeness (QED) is 0.677. The molecule has 4 rings (SSSR count). The largest absolute Gasteiger partial charge is 0.448 e. The van der Waals surface area contributed by atoms with E-state index in [2.05, 4.69) is 30.1 Å². The lowest BCUT2D eigenvalue weighted by Crippen LogP contribution is -2.39. The number of nitrogens with one attached hydrogen (secondary N) is 1. The van der Waals surface area contributed by atoms with Crippen LogP contribution in [0.1, 0.15) is 18.7 Å². The lowest BCUT2D eigenvalue weighted by molar-refractivity contribution is -0.121. The molecular formula is C17H25N7O4. The van der Waals surface area contributed by atoms with E-state index in [1.165, 1.54) is 4.90 Å². The van der Waals surface area contributed by atoms with Crippen LogP contribution < -0.4 is 15.1 Å². The van der Waals surface area contributed by atoms with Crippen LogP contribution in [0.2, 0.25) is 0 Å². The molecule has 0 saturated carbocycles. The van der Waals surface area contributed by atoms with Crippen LogP contribution in [0.15, 0.2) is 0 Å². The Morgan fingerprint density at radius 2 is 1.61 bits per heavy atom. The molecule has 0 radical (unpaired) electrons. The van der Waals surface area contributed by atoms with Gasteiger partial charge < -0.3 is 24.6 Å². The molecule has 3 aliphatic rings. The summed E-state index contributed by atoms with van der Waals surface area (Å²) in [6, 6.07) is 0. The topological polar surface area (TPSA) is 113 Å². The number of carbonyl (C=O) groups is 2. The van der Waals surface area contributed by atoms with E-state index in [0.29, 0.717) is 44.1 Å². The summed E-state index contributed by atoms with van der Waals surface area (Å²) in [4.78, 5) is 43.0. The molecule has 2 amide bonds. The average molecular weight is 391 g/mol. The first-order valence-electron chi connectivity index (χ1n) is 9.70. The van der Waals surface area contributed by atoms with Crippen LogP contribution in [0.25, 0.3) is 0 Å². The lowest BCUT2D eigenvalue weighted by Gasteiger charge is -2.28. The second-order valence-corrected chi connectivity index (χ2v) is 6.96. The number of morpholine rings is 1. The van der Waals surface area contributed by atoms with Crippen molar-refractivity contribution >= 4 is 23.9 Å². The first kappa shape index (κ1) is 18.7. The highest BCUT2D eigenvalue weighted by atomic mass is 16.6. The predicted octanol–water partition coefficient (Wildman–Crippen LogP) is -0.623. The highest BCUT2D eigenvalue weighted by Gasteiger charge is 2.25. The van der Waals surface area contributed by atoms with Gasteiger partial charge in [0.2, 0.25) is 17.8 Å². The highest BCUT2D eigenvalue weighted by Crippen LogP contribution is 2.19. The summed E-state index contributed by atoms with van der Waals surface area (Å²) >= 11 is 0. The molecule has 0 atom stereocenters. The fourth-order valence-electron chi connectivity index (χ4n) is 3.41. The van der Waals surface area contributed by atoms with Crippen molar-refractivity contribution in [2.24, 2.45) is 0 Å². The van der Waals surface area contributed by atoms with Crippen molar-refractivity contribution in [3.8, 4) is 0 Å². The third-order valence-corrected chi connectivity index (χ3v) is 4.96. The van der Waals surface area contributed by atoms with Crippen molar-refractivity contribution in [3.05, 3.63) is 5.82 Å². The van der Waals surface area contributed by atoms with E-state index >= 15 is 0 Å². The third-order valence-electron chi connectivity index (χ3n) is 4.96. The maximum absolute atomic E-state index is 12.2. The van der Waals surface area contributed by atoms with Gasteiger partial charge in [-0.1, -0.05) is 0 Å².